The zero-order valence-corrected chi connectivity index (χ0v) is 12.8. The highest BCUT2D eigenvalue weighted by molar-refractivity contribution is 7.99. The summed E-state index contributed by atoms with van der Waals surface area (Å²) in [5.41, 5.74) is 2.65. The summed E-state index contributed by atoms with van der Waals surface area (Å²) < 4.78 is 4.63. The number of carbonyl (C=O) groups excluding carboxylic acids is 1. The molecule has 1 N–H and O–H groups in total. The van der Waals surface area contributed by atoms with Crippen LogP contribution in [-0.4, -0.2) is 31.6 Å². The van der Waals surface area contributed by atoms with E-state index in [9.17, 15) is 4.79 Å². The summed E-state index contributed by atoms with van der Waals surface area (Å²) in [5, 5.41) is 3.32. The molecule has 1 unspecified atom stereocenters. The van der Waals surface area contributed by atoms with E-state index < -0.39 is 0 Å². The second-order valence-electron chi connectivity index (χ2n) is 4.34. The summed E-state index contributed by atoms with van der Waals surface area (Å²) in [5.74, 6) is 1.62. The Morgan fingerprint density at radius 1 is 1.37 bits per heavy atom. The second-order valence-corrected chi connectivity index (χ2v) is 5.49. The first-order chi connectivity index (χ1) is 9.21. The summed E-state index contributed by atoms with van der Waals surface area (Å²) in [6.07, 6.45) is 1.55. The summed E-state index contributed by atoms with van der Waals surface area (Å²) >= 11 is 1.77. The van der Waals surface area contributed by atoms with E-state index in [2.05, 4.69) is 41.2 Å². The number of hydrogen-bond donors (Lipinski definition) is 1. The highest BCUT2D eigenvalue weighted by Gasteiger charge is 2.09. The molecule has 0 heterocycles. The third-order valence-corrected chi connectivity index (χ3v) is 4.16. The fourth-order valence-electron chi connectivity index (χ4n) is 1.79. The van der Waals surface area contributed by atoms with Crippen molar-refractivity contribution in [1.29, 1.82) is 0 Å². The molecule has 106 valence electrons. The van der Waals surface area contributed by atoms with Crippen molar-refractivity contribution in [2.75, 3.05) is 25.7 Å². The van der Waals surface area contributed by atoms with E-state index in [0.29, 0.717) is 12.5 Å². The van der Waals surface area contributed by atoms with Gasteiger partial charge >= 0.3 is 5.97 Å². The minimum atomic E-state index is -0.138. The summed E-state index contributed by atoms with van der Waals surface area (Å²) in [6.45, 7) is 2.16. The van der Waals surface area contributed by atoms with Crippen LogP contribution in [0.15, 0.2) is 24.3 Å². The van der Waals surface area contributed by atoms with Gasteiger partial charge in [-0.3, -0.25) is 4.79 Å². The maximum absolute atomic E-state index is 11.0. The van der Waals surface area contributed by atoms with Crippen LogP contribution in [0.25, 0.3) is 0 Å². The molecule has 0 aliphatic rings. The lowest BCUT2D eigenvalue weighted by Crippen LogP contribution is -2.19. The normalized spacial score (nSPS) is 12.2. The smallest absolute Gasteiger partial charge is 0.306 e. The molecule has 1 rings (SSSR count). The number of methoxy groups -OCH3 is 1. The zero-order valence-electron chi connectivity index (χ0n) is 11.9. The Balaban J connectivity index is 2.41. The van der Waals surface area contributed by atoms with Gasteiger partial charge in [-0.05, 0) is 24.6 Å². The van der Waals surface area contributed by atoms with Gasteiger partial charge in [-0.2, -0.15) is 11.8 Å². The van der Waals surface area contributed by atoms with Crippen molar-refractivity contribution >= 4 is 17.7 Å². The maximum Gasteiger partial charge on any atom is 0.306 e. The van der Waals surface area contributed by atoms with Crippen LogP contribution in [0, 0.1) is 0 Å². The first-order valence-corrected chi connectivity index (χ1v) is 7.77. The SMILES string of the molecule is CCc1ccc(C(CSCCC(=O)OC)NC)cc1. The molecule has 0 spiro atoms. The molecule has 4 heteroatoms. The van der Waals surface area contributed by atoms with Gasteiger partial charge in [0.15, 0.2) is 0 Å². The van der Waals surface area contributed by atoms with Crippen LogP contribution < -0.4 is 5.32 Å². The van der Waals surface area contributed by atoms with Crippen molar-refractivity contribution in [2.24, 2.45) is 0 Å². The van der Waals surface area contributed by atoms with E-state index >= 15 is 0 Å². The molecule has 1 atom stereocenters. The first-order valence-electron chi connectivity index (χ1n) is 6.62. The number of thioether (sulfide) groups is 1. The van der Waals surface area contributed by atoms with E-state index in [1.165, 1.54) is 18.2 Å². The van der Waals surface area contributed by atoms with E-state index in [1.807, 2.05) is 7.05 Å². The number of ether oxygens (including phenoxy) is 1. The minimum Gasteiger partial charge on any atom is -0.469 e. The lowest BCUT2D eigenvalue weighted by molar-refractivity contribution is -0.140. The summed E-state index contributed by atoms with van der Waals surface area (Å²) in [4.78, 5) is 11.0. The quantitative estimate of drug-likeness (QED) is 0.587. The largest absolute Gasteiger partial charge is 0.469 e. The van der Waals surface area contributed by atoms with Crippen molar-refractivity contribution in [1.82, 2.24) is 5.32 Å². The van der Waals surface area contributed by atoms with Gasteiger partial charge in [-0.25, -0.2) is 0 Å². The third-order valence-electron chi connectivity index (χ3n) is 3.10. The van der Waals surface area contributed by atoms with Crippen LogP contribution in [0.4, 0.5) is 0 Å². The number of hydrogen-bond acceptors (Lipinski definition) is 4. The topological polar surface area (TPSA) is 38.3 Å². The van der Waals surface area contributed by atoms with Crippen molar-refractivity contribution < 1.29 is 9.53 Å². The lowest BCUT2D eigenvalue weighted by atomic mass is 10.1. The Hall–Kier alpha value is -1.00. The van der Waals surface area contributed by atoms with Gasteiger partial charge in [0.05, 0.1) is 13.5 Å². The molecule has 0 bridgehead atoms. The van der Waals surface area contributed by atoms with Gasteiger partial charge in [-0.1, -0.05) is 31.2 Å². The van der Waals surface area contributed by atoms with Crippen LogP contribution in [-0.2, 0) is 16.0 Å². The molecule has 1 aromatic carbocycles. The molecular formula is C15H23NO2S. The van der Waals surface area contributed by atoms with Gasteiger partial charge in [0.2, 0.25) is 0 Å². The monoisotopic (exact) mass is 281 g/mol. The van der Waals surface area contributed by atoms with Crippen LogP contribution in [0.5, 0.6) is 0 Å². The molecule has 3 nitrogen and oxygen atoms in total. The van der Waals surface area contributed by atoms with Crippen LogP contribution in [0.3, 0.4) is 0 Å². The van der Waals surface area contributed by atoms with Crippen molar-refractivity contribution in [3.05, 3.63) is 35.4 Å². The van der Waals surface area contributed by atoms with Gasteiger partial charge in [0, 0.05) is 17.5 Å². The number of rotatable bonds is 8. The molecule has 0 aliphatic carbocycles. The molecule has 19 heavy (non-hydrogen) atoms. The molecule has 0 saturated heterocycles. The predicted molar refractivity (Wildman–Crippen MR) is 81.6 cm³/mol. The molecule has 0 aromatic heterocycles. The Bertz CT molecular complexity index is 378. The third kappa shape index (κ3) is 5.66. The van der Waals surface area contributed by atoms with Gasteiger partial charge in [0.25, 0.3) is 0 Å². The predicted octanol–water partition coefficient (Wildman–Crippen LogP) is 2.81. The number of benzene rings is 1. The lowest BCUT2D eigenvalue weighted by Gasteiger charge is -2.16. The van der Waals surface area contributed by atoms with E-state index in [0.717, 1.165) is 17.9 Å². The fourth-order valence-corrected chi connectivity index (χ4v) is 2.86. The molecule has 0 radical (unpaired) electrons. The van der Waals surface area contributed by atoms with Gasteiger partial charge in [-0.15, -0.1) is 0 Å². The van der Waals surface area contributed by atoms with Crippen molar-refractivity contribution in [3.63, 3.8) is 0 Å². The molecule has 0 fully saturated rings. The average molecular weight is 281 g/mol. The van der Waals surface area contributed by atoms with Crippen LogP contribution in [0.2, 0.25) is 0 Å². The fraction of sp³-hybridized carbons (Fsp3) is 0.533. The molecule has 1 aromatic rings. The van der Waals surface area contributed by atoms with E-state index in [1.54, 1.807) is 11.8 Å². The maximum atomic E-state index is 11.0. The number of nitrogens with one attached hydrogen (secondary N) is 1. The van der Waals surface area contributed by atoms with E-state index in [-0.39, 0.29) is 5.97 Å². The van der Waals surface area contributed by atoms with Crippen molar-refractivity contribution in [3.8, 4) is 0 Å². The zero-order chi connectivity index (χ0) is 14.1. The number of esters is 1. The number of carbonyl (C=O) groups is 1. The second kappa shape index (κ2) is 8.99. The molecular weight excluding hydrogens is 258 g/mol. The van der Waals surface area contributed by atoms with Crippen LogP contribution in [0.1, 0.15) is 30.5 Å². The summed E-state index contributed by atoms with van der Waals surface area (Å²) in [7, 11) is 3.40. The molecule has 0 saturated carbocycles. The van der Waals surface area contributed by atoms with Crippen molar-refractivity contribution in [2.45, 2.75) is 25.8 Å². The summed E-state index contributed by atoms with van der Waals surface area (Å²) in [6, 6.07) is 9.05. The van der Waals surface area contributed by atoms with E-state index in [4.69, 9.17) is 0 Å². The average Bonchev–Trinajstić information content (AvgIpc) is 2.47. The highest BCUT2D eigenvalue weighted by atomic mass is 32.2. The van der Waals surface area contributed by atoms with Gasteiger partial charge in [0.1, 0.15) is 0 Å². The Morgan fingerprint density at radius 2 is 2.05 bits per heavy atom. The Morgan fingerprint density at radius 3 is 2.58 bits per heavy atom. The minimum absolute atomic E-state index is 0.138. The Kier molecular flexibility index (Phi) is 7.60. The molecule has 0 aliphatic heterocycles. The highest BCUT2D eigenvalue weighted by Crippen LogP contribution is 2.19. The van der Waals surface area contributed by atoms with Crippen LogP contribution >= 0.6 is 11.8 Å². The Labute approximate surface area is 120 Å². The first kappa shape index (κ1) is 16.1. The molecule has 0 amide bonds. The number of aryl methyl sites for hydroxylation is 1. The van der Waals surface area contributed by atoms with Gasteiger partial charge < -0.3 is 10.1 Å². The standard InChI is InChI=1S/C15H23NO2S/c1-4-12-5-7-13(8-6-12)14(16-2)11-19-10-9-15(17)18-3/h5-8,14,16H,4,9-11H2,1-3H3.